The number of thioether (sulfide) groups is 1. The Balaban J connectivity index is 1.48. The zero-order valence-corrected chi connectivity index (χ0v) is 15.5. The first-order valence-corrected chi connectivity index (χ1v) is 10.0. The van der Waals surface area contributed by atoms with Crippen molar-refractivity contribution < 1.29 is 4.79 Å². The van der Waals surface area contributed by atoms with E-state index in [0.29, 0.717) is 23.3 Å². The summed E-state index contributed by atoms with van der Waals surface area (Å²) in [6.07, 6.45) is 3.87. The van der Waals surface area contributed by atoms with Crippen LogP contribution in [0.4, 0.5) is 0 Å². The molecule has 5 nitrogen and oxygen atoms in total. The first kappa shape index (κ1) is 16.9. The van der Waals surface area contributed by atoms with Crippen molar-refractivity contribution in [2.24, 2.45) is 0 Å². The molecule has 0 bridgehead atoms. The number of rotatable bonds is 7. The summed E-state index contributed by atoms with van der Waals surface area (Å²) in [5.41, 5.74) is 1.15. The molecule has 0 aliphatic carbocycles. The topological polar surface area (TPSA) is 61.9 Å². The van der Waals surface area contributed by atoms with Crippen LogP contribution in [0.25, 0.3) is 12.2 Å². The molecule has 3 aromatic rings. The van der Waals surface area contributed by atoms with Crippen LogP contribution in [-0.4, -0.2) is 38.8 Å². The molecule has 0 saturated heterocycles. The highest BCUT2D eigenvalue weighted by Gasteiger charge is 2.12. The Morgan fingerprint density at radius 3 is 3.04 bits per heavy atom. The molecular weight excluding hydrogens is 360 g/mol. The molecular formula is C16H16N4OS3. The van der Waals surface area contributed by atoms with E-state index < -0.39 is 0 Å². The summed E-state index contributed by atoms with van der Waals surface area (Å²) >= 11 is 4.64. The van der Waals surface area contributed by atoms with Crippen molar-refractivity contribution in [2.45, 2.75) is 11.7 Å². The van der Waals surface area contributed by atoms with Crippen LogP contribution in [0.1, 0.15) is 16.3 Å². The van der Waals surface area contributed by atoms with Crippen LogP contribution in [0.5, 0.6) is 0 Å². The third kappa shape index (κ3) is 4.80. The normalized spacial score (nSPS) is 11.2. The molecule has 1 N–H and O–H groups in total. The van der Waals surface area contributed by atoms with Crippen LogP contribution in [0.3, 0.4) is 0 Å². The van der Waals surface area contributed by atoms with Gasteiger partial charge in [0.15, 0.2) is 0 Å². The SMILES string of the molecule is CN(Cc1ccsc1)C(=O)CSc1n[nH]c(C=Cc2cccs2)n1. The van der Waals surface area contributed by atoms with E-state index in [-0.39, 0.29) is 5.91 Å². The summed E-state index contributed by atoms with van der Waals surface area (Å²) in [4.78, 5) is 19.4. The van der Waals surface area contributed by atoms with Crippen molar-refractivity contribution in [3.05, 3.63) is 50.6 Å². The first-order valence-electron chi connectivity index (χ1n) is 7.22. The number of thiophene rings is 2. The zero-order valence-electron chi connectivity index (χ0n) is 13.0. The number of aromatic nitrogens is 3. The highest BCUT2D eigenvalue weighted by atomic mass is 32.2. The van der Waals surface area contributed by atoms with Gasteiger partial charge >= 0.3 is 0 Å². The highest BCUT2D eigenvalue weighted by Crippen LogP contribution is 2.16. The van der Waals surface area contributed by atoms with Crippen LogP contribution in [0.2, 0.25) is 0 Å². The minimum absolute atomic E-state index is 0.0617. The molecule has 0 atom stereocenters. The Kier molecular flexibility index (Phi) is 5.84. The molecule has 124 valence electrons. The second kappa shape index (κ2) is 8.27. The average molecular weight is 377 g/mol. The Hall–Kier alpha value is -1.90. The molecule has 0 saturated carbocycles. The molecule has 1 amide bonds. The summed E-state index contributed by atoms with van der Waals surface area (Å²) in [6, 6.07) is 6.07. The number of H-pyrrole nitrogens is 1. The van der Waals surface area contributed by atoms with Crippen LogP contribution < -0.4 is 0 Å². The molecule has 0 aromatic carbocycles. The van der Waals surface area contributed by atoms with E-state index in [4.69, 9.17) is 0 Å². The predicted molar refractivity (Wildman–Crippen MR) is 101 cm³/mol. The number of nitrogens with zero attached hydrogens (tertiary/aromatic N) is 3. The van der Waals surface area contributed by atoms with Gasteiger partial charge < -0.3 is 4.90 Å². The minimum Gasteiger partial charge on any atom is -0.341 e. The number of nitrogens with one attached hydrogen (secondary N) is 1. The largest absolute Gasteiger partial charge is 0.341 e. The zero-order chi connectivity index (χ0) is 16.8. The van der Waals surface area contributed by atoms with Gasteiger partial charge in [0.25, 0.3) is 0 Å². The average Bonchev–Trinajstić information content (AvgIpc) is 3.32. The van der Waals surface area contributed by atoms with E-state index in [2.05, 4.69) is 20.6 Å². The molecule has 24 heavy (non-hydrogen) atoms. The summed E-state index contributed by atoms with van der Waals surface area (Å²) in [5, 5.41) is 13.7. The monoisotopic (exact) mass is 376 g/mol. The van der Waals surface area contributed by atoms with E-state index in [9.17, 15) is 4.79 Å². The smallest absolute Gasteiger partial charge is 0.233 e. The number of hydrogen-bond acceptors (Lipinski definition) is 6. The molecule has 0 fully saturated rings. The third-order valence-corrected chi connectivity index (χ3v) is 5.58. The molecule has 0 aliphatic heterocycles. The number of aromatic amines is 1. The fourth-order valence-electron chi connectivity index (χ4n) is 1.93. The van der Waals surface area contributed by atoms with E-state index in [1.165, 1.54) is 11.8 Å². The van der Waals surface area contributed by atoms with Crippen molar-refractivity contribution in [3.8, 4) is 0 Å². The maximum absolute atomic E-state index is 12.2. The highest BCUT2D eigenvalue weighted by molar-refractivity contribution is 7.99. The standard InChI is InChI=1S/C16H16N4OS3/c1-20(9-12-6-8-22-10-12)15(21)11-24-16-17-14(18-19-16)5-4-13-3-2-7-23-13/h2-8,10H,9,11H2,1H3,(H,17,18,19). The molecule has 3 aromatic heterocycles. The van der Waals surface area contributed by atoms with Gasteiger partial charge in [-0.25, -0.2) is 4.98 Å². The summed E-state index contributed by atoms with van der Waals surface area (Å²) in [6.45, 7) is 0.631. The second-order valence-corrected chi connectivity index (χ2v) is 7.72. The fraction of sp³-hybridized carbons (Fsp3) is 0.188. The van der Waals surface area contributed by atoms with Gasteiger partial charge in [0.1, 0.15) is 5.82 Å². The van der Waals surface area contributed by atoms with Gasteiger partial charge in [-0.05, 0) is 46.0 Å². The van der Waals surface area contributed by atoms with Crippen molar-refractivity contribution in [3.63, 3.8) is 0 Å². The molecule has 0 aliphatic rings. The lowest BCUT2D eigenvalue weighted by molar-refractivity contribution is -0.127. The van der Waals surface area contributed by atoms with Gasteiger partial charge in [-0.1, -0.05) is 17.8 Å². The Morgan fingerprint density at radius 1 is 1.38 bits per heavy atom. The lowest BCUT2D eigenvalue weighted by atomic mass is 10.3. The minimum atomic E-state index is 0.0617. The molecule has 3 rings (SSSR count). The van der Waals surface area contributed by atoms with Gasteiger partial charge in [-0.2, -0.15) is 11.3 Å². The summed E-state index contributed by atoms with van der Waals surface area (Å²) in [5.74, 6) is 1.07. The van der Waals surface area contributed by atoms with E-state index in [1.807, 2.05) is 48.2 Å². The number of carbonyl (C=O) groups excluding carboxylic acids is 1. The Bertz CT molecular complexity index is 793. The molecule has 0 radical (unpaired) electrons. The van der Waals surface area contributed by atoms with E-state index in [1.54, 1.807) is 27.6 Å². The van der Waals surface area contributed by atoms with Crippen LogP contribution in [-0.2, 0) is 11.3 Å². The van der Waals surface area contributed by atoms with Crippen LogP contribution in [0.15, 0.2) is 39.5 Å². The van der Waals surface area contributed by atoms with E-state index >= 15 is 0 Å². The summed E-state index contributed by atoms with van der Waals surface area (Å²) in [7, 11) is 1.81. The van der Waals surface area contributed by atoms with Gasteiger partial charge in [0.05, 0.1) is 5.75 Å². The maximum atomic E-state index is 12.2. The maximum Gasteiger partial charge on any atom is 0.233 e. The van der Waals surface area contributed by atoms with Crippen molar-refractivity contribution >= 4 is 52.5 Å². The number of hydrogen-bond donors (Lipinski definition) is 1. The molecule has 0 spiro atoms. The van der Waals surface area contributed by atoms with Gasteiger partial charge in [-0.3, -0.25) is 9.89 Å². The van der Waals surface area contributed by atoms with Crippen molar-refractivity contribution in [1.82, 2.24) is 20.1 Å². The number of carbonyl (C=O) groups is 1. The van der Waals surface area contributed by atoms with Crippen molar-refractivity contribution in [1.29, 1.82) is 0 Å². The predicted octanol–water partition coefficient (Wildman–Crippen LogP) is 3.85. The van der Waals surface area contributed by atoms with Gasteiger partial charge in [-0.15, -0.1) is 16.4 Å². The fourth-order valence-corrected chi connectivity index (χ4v) is 3.95. The lowest BCUT2D eigenvalue weighted by Gasteiger charge is -2.15. The lowest BCUT2D eigenvalue weighted by Crippen LogP contribution is -2.27. The van der Waals surface area contributed by atoms with E-state index in [0.717, 1.165) is 10.4 Å². The molecule has 3 heterocycles. The van der Waals surface area contributed by atoms with Crippen molar-refractivity contribution in [2.75, 3.05) is 12.8 Å². The quantitative estimate of drug-likeness (QED) is 0.636. The molecule has 0 unspecified atom stereocenters. The first-order chi connectivity index (χ1) is 11.7. The Morgan fingerprint density at radius 2 is 2.29 bits per heavy atom. The molecule has 8 heteroatoms. The third-order valence-electron chi connectivity index (χ3n) is 3.18. The van der Waals surface area contributed by atoms with Crippen LogP contribution in [0, 0.1) is 0 Å². The second-order valence-electron chi connectivity index (χ2n) is 5.02. The van der Waals surface area contributed by atoms with Gasteiger partial charge in [0, 0.05) is 18.5 Å². The number of amides is 1. The van der Waals surface area contributed by atoms with Crippen LogP contribution >= 0.6 is 34.4 Å². The van der Waals surface area contributed by atoms with Gasteiger partial charge in [0.2, 0.25) is 11.1 Å². The summed E-state index contributed by atoms with van der Waals surface area (Å²) < 4.78 is 0. The Labute approximate surface area is 152 Å².